The van der Waals surface area contributed by atoms with Crippen molar-refractivity contribution in [3.05, 3.63) is 11.6 Å². The number of rotatable bonds is 3. The first-order valence-corrected chi connectivity index (χ1v) is 11.8. The van der Waals surface area contributed by atoms with Crippen molar-refractivity contribution in [2.24, 2.45) is 28.6 Å². The van der Waals surface area contributed by atoms with Crippen LogP contribution >= 0.6 is 0 Å². The zero-order valence-electron chi connectivity index (χ0n) is 19.0. The summed E-state index contributed by atoms with van der Waals surface area (Å²) in [6.45, 7) is 9.90. The van der Waals surface area contributed by atoms with Gasteiger partial charge in [0, 0.05) is 25.7 Å². The van der Waals surface area contributed by atoms with Gasteiger partial charge in [0.05, 0.1) is 6.10 Å². The molecule has 3 saturated carbocycles. The molecule has 0 aromatic carbocycles. The summed E-state index contributed by atoms with van der Waals surface area (Å²) in [5, 5.41) is 0. The van der Waals surface area contributed by atoms with Crippen molar-refractivity contribution in [1.29, 1.82) is 0 Å². The summed E-state index contributed by atoms with van der Waals surface area (Å²) in [5.41, 5.74) is 1.53. The number of ether oxygens (including phenoxy) is 3. The lowest BCUT2D eigenvalue weighted by molar-refractivity contribution is -0.159. The second-order valence-corrected chi connectivity index (χ2v) is 11.1. The molecule has 5 rings (SSSR count). The van der Waals surface area contributed by atoms with Gasteiger partial charge in [-0.3, -0.25) is 9.59 Å². The van der Waals surface area contributed by atoms with E-state index in [0.29, 0.717) is 17.8 Å². The van der Waals surface area contributed by atoms with Crippen molar-refractivity contribution in [3.8, 4) is 0 Å². The van der Waals surface area contributed by atoms with Gasteiger partial charge in [-0.15, -0.1) is 0 Å². The quantitative estimate of drug-likeness (QED) is 0.383. The van der Waals surface area contributed by atoms with E-state index in [1.807, 2.05) is 6.92 Å². The van der Waals surface area contributed by atoms with Crippen molar-refractivity contribution in [3.63, 3.8) is 0 Å². The largest absolute Gasteiger partial charge is 0.462 e. The SMILES string of the molecule is CC(=O)O[C@H]1CC[C@@]2(C)C(=CC[C@@H]3[C@@H]2CC[C@@]2(C)[C@H]3C[C@@H]3O[C@]32[C@H](C)OC(C)=O)C1. The fourth-order valence-electron chi connectivity index (χ4n) is 8.52. The van der Waals surface area contributed by atoms with Gasteiger partial charge < -0.3 is 14.2 Å². The monoisotopic (exact) mass is 416 g/mol. The van der Waals surface area contributed by atoms with Crippen molar-refractivity contribution < 1.29 is 23.8 Å². The Balaban J connectivity index is 1.40. The zero-order valence-corrected chi connectivity index (χ0v) is 19.0. The molecule has 166 valence electrons. The number of allylic oxidation sites excluding steroid dienone is 1. The van der Waals surface area contributed by atoms with Crippen LogP contribution in [0.5, 0.6) is 0 Å². The molecule has 0 bridgehead atoms. The van der Waals surface area contributed by atoms with E-state index < -0.39 is 0 Å². The molecule has 0 aromatic rings. The third kappa shape index (κ3) is 2.63. The van der Waals surface area contributed by atoms with Crippen LogP contribution in [0.1, 0.15) is 79.6 Å². The van der Waals surface area contributed by atoms with Crippen LogP contribution < -0.4 is 0 Å². The minimum Gasteiger partial charge on any atom is -0.462 e. The second-order valence-electron chi connectivity index (χ2n) is 11.1. The van der Waals surface area contributed by atoms with E-state index >= 15 is 0 Å². The summed E-state index contributed by atoms with van der Waals surface area (Å²) in [4.78, 5) is 23.1. The second kappa shape index (κ2) is 6.57. The van der Waals surface area contributed by atoms with Gasteiger partial charge >= 0.3 is 11.9 Å². The highest BCUT2D eigenvalue weighted by Gasteiger charge is 2.79. The van der Waals surface area contributed by atoms with Gasteiger partial charge in [0.1, 0.15) is 17.8 Å². The third-order valence-electron chi connectivity index (χ3n) is 9.85. The Morgan fingerprint density at radius 2 is 1.90 bits per heavy atom. The maximum Gasteiger partial charge on any atom is 0.302 e. The van der Waals surface area contributed by atoms with E-state index in [9.17, 15) is 9.59 Å². The topological polar surface area (TPSA) is 65.1 Å². The maximum absolute atomic E-state index is 11.6. The fourth-order valence-corrected chi connectivity index (χ4v) is 8.52. The number of esters is 2. The molecule has 5 aliphatic rings. The predicted octanol–water partition coefficient (Wildman–Crippen LogP) is 4.58. The summed E-state index contributed by atoms with van der Waals surface area (Å²) >= 11 is 0. The van der Waals surface area contributed by atoms with E-state index in [4.69, 9.17) is 14.2 Å². The van der Waals surface area contributed by atoms with Gasteiger partial charge in [-0.05, 0) is 68.6 Å². The van der Waals surface area contributed by atoms with Crippen LogP contribution in [0.15, 0.2) is 11.6 Å². The standard InChI is InChI=1S/C25H36O5/c1-14(28-15(2)26)25-22(30-25)13-21-19-7-6-17-12-18(29-16(3)27)8-10-23(17,4)20(19)9-11-24(21,25)5/h6,14,18-22H,7-13H2,1-5H3/t14-,18-,19+,20-,21-,22-,23-,24-,25+/m0/s1. The van der Waals surface area contributed by atoms with Crippen molar-refractivity contribution in [2.45, 2.75) is 103 Å². The Morgan fingerprint density at radius 1 is 1.13 bits per heavy atom. The van der Waals surface area contributed by atoms with E-state index in [1.165, 1.54) is 25.8 Å². The smallest absolute Gasteiger partial charge is 0.302 e. The number of carbonyl (C=O) groups is 2. The molecule has 0 radical (unpaired) electrons. The van der Waals surface area contributed by atoms with Crippen molar-refractivity contribution in [1.82, 2.24) is 0 Å². The average Bonchev–Trinajstić information content (AvgIpc) is 3.33. The molecule has 1 heterocycles. The molecule has 0 amide bonds. The molecular formula is C25H36O5. The summed E-state index contributed by atoms with van der Waals surface area (Å²) in [6, 6.07) is 0. The first kappa shape index (κ1) is 20.5. The van der Waals surface area contributed by atoms with Gasteiger partial charge in [0.25, 0.3) is 0 Å². The minimum atomic E-state index is -0.286. The highest BCUT2D eigenvalue weighted by molar-refractivity contribution is 5.66. The number of fused-ring (bicyclic) bond motifs is 7. The van der Waals surface area contributed by atoms with E-state index in [2.05, 4.69) is 19.9 Å². The van der Waals surface area contributed by atoms with Crippen LogP contribution in [-0.4, -0.2) is 35.9 Å². The summed E-state index contributed by atoms with van der Waals surface area (Å²) < 4.78 is 17.5. The third-order valence-corrected chi connectivity index (χ3v) is 9.85. The van der Waals surface area contributed by atoms with Gasteiger partial charge in [-0.25, -0.2) is 0 Å². The van der Waals surface area contributed by atoms with Gasteiger partial charge in [-0.2, -0.15) is 0 Å². The first-order chi connectivity index (χ1) is 14.1. The van der Waals surface area contributed by atoms with Gasteiger partial charge in [0.2, 0.25) is 0 Å². The lowest BCUT2D eigenvalue weighted by atomic mass is 9.47. The Hall–Kier alpha value is -1.36. The zero-order chi connectivity index (χ0) is 21.5. The molecule has 5 heteroatoms. The Bertz CT molecular complexity index is 803. The summed E-state index contributed by atoms with van der Waals surface area (Å²) in [7, 11) is 0. The molecule has 0 unspecified atom stereocenters. The first-order valence-electron chi connectivity index (χ1n) is 11.8. The Labute approximate surface area is 179 Å². The maximum atomic E-state index is 11.6. The van der Waals surface area contributed by atoms with Crippen LogP contribution in [0.2, 0.25) is 0 Å². The summed E-state index contributed by atoms with van der Waals surface area (Å²) in [6.07, 6.45) is 10.1. The lowest BCUT2D eigenvalue weighted by Gasteiger charge is -2.58. The Kier molecular flexibility index (Phi) is 4.50. The minimum absolute atomic E-state index is 0.0487. The average molecular weight is 417 g/mol. The van der Waals surface area contributed by atoms with E-state index in [0.717, 1.165) is 38.5 Å². The van der Waals surface area contributed by atoms with Crippen LogP contribution in [0.4, 0.5) is 0 Å². The van der Waals surface area contributed by atoms with Crippen molar-refractivity contribution >= 4 is 11.9 Å². The molecule has 30 heavy (non-hydrogen) atoms. The van der Waals surface area contributed by atoms with Gasteiger partial charge in [0.15, 0.2) is 0 Å². The van der Waals surface area contributed by atoms with Crippen LogP contribution in [0.25, 0.3) is 0 Å². The lowest BCUT2D eigenvalue weighted by Crippen LogP contribution is -2.55. The van der Waals surface area contributed by atoms with Crippen LogP contribution in [0.3, 0.4) is 0 Å². The molecule has 0 spiro atoms. The predicted molar refractivity (Wildman–Crippen MR) is 111 cm³/mol. The normalized spacial score (nSPS) is 49.5. The van der Waals surface area contributed by atoms with E-state index in [1.54, 1.807) is 0 Å². The molecular weight excluding hydrogens is 380 g/mol. The van der Waals surface area contributed by atoms with Gasteiger partial charge in [-0.1, -0.05) is 25.5 Å². The molecule has 1 aliphatic heterocycles. The highest BCUT2D eigenvalue weighted by atomic mass is 16.7. The molecule has 0 N–H and O–H groups in total. The fraction of sp³-hybridized carbons (Fsp3) is 0.840. The molecule has 9 atom stereocenters. The van der Waals surface area contributed by atoms with E-state index in [-0.39, 0.29) is 46.7 Å². The molecule has 4 fully saturated rings. The van der Waals surface area contributed by atoms with Crippen LogP contribution in [-0.2, 0) is 23.8 Å². The van der Waals surface area contributed by atoms with Crippen molar-refractivity contribution in [2.75, 3.05) is 0 Å². The molecule has 1 saturated heterocycles. The molecule has 4 aliphatic carbocycles. The highest BCUT2D eigenvalue weighted by Crippen LogP contribution is 2.74. The van der Waals surface area contributed by atoms with Crippen LogP contribution in [0, 0.1) is 28.6 Å². The number of epoxide rings is 1. The summed E-state index contributed by atoms with van der Waals surface area (Å²) in [5.74, 6) is 1.60. The number of carbonyl (C=O) groups excluding carboxylic acids is 2. The number of hydrogen-bond acceptors (Lipinski definition) is 5. The molecule has 0 aromatic heterocycles. The molecule has 5 nitrogen and oxygen atoms in total. The Morgan fingerprint density at radius 3 is 2.60 bits per heavy atom. The number of hydrogen-bond donors (Lipinski definition) is 0.